The number of nitrogens with zero attached hydrogens (tertiary/aromatic N) is 1. The zero-order valence-electron chi connectivity index (χ0n) is 15.1. The number of sulfonamides is 1. The van der Waals surface area contributed by atoms with Gasteiger partial charge in [-0.3, -0.25) is 4.79 Å². The van der Waals surface area contributed by atoms with Gasteiger partial charge in [0.15, 0.2) is 0 Å². The first-order valence-electron chi connectivity index (χ1n) is 8.91. The lowest BCUT2D eigenvalue weighted by molar-refractivity contribution is -0.140. The molecule has 0 aromatic heterocycles. The highest BCUT2D eigenvalue weighted by Gasteiger charge is 2.28. The predicted octanol–water partition coefficient (Wildman–Crippen LogP) is 2.09. The lowest BCUT2D eigenvalue weighted by Gasteiger charge is -2.26. The summed E-state index contributed by atoms with van der Waals surface area (Å²) in [5.41, 5.74) is 0.137. The molecule has 1 fully saturated rings. The number of carboxylic acids is 1. The molecule has 1 aromatic rings. The first-order chi connectivity index (χ1) is 12.3. The van der Waals surface area contributed by atoms with Crippen LogP contribution in [0.25, 0.3) is 0 Å². The van der Waals surface area contributed by atoms with Crippen molar-refractivity contribution in [1.29, 1.82) is 0 Å². The van der Waals surface area contributed by atoms with Crippen LogP contribution in [0.3, 0.4) is 0 Å². The Labute approximate surface area is 154 Å². The third-order valence-corrected chi connectivity index (χ3v) is 6.71. The molecule has 0 unspecified atom stereocenters. The van der Waals surface area contributed by atoms with E-state index >= 15 is 0 Å². The molecule has 1 aromatic carbocycles. The molecule has 2 atom stereocenters. The van der Waals surface area contributed by atoms with Crippen molar-refractivity contribution in [2.24, 2.45) is 5.92 Å². The quantitative estimate of drug-likeness (QED) is 0.751. The average Bonchev–Trinajstić information content (AvgIpc) is 2.65. The highest BCUT2D eigenvalue weighted by atomic mass is 32.2. The molecule has 8 heteroatoms. The number of aliphatic carboxylic acids is 1. The Bertz CT molecular complexity index is 757. The van der Waals surface area contributed by atoms with E-state index in [0.29, 0.717) is 19.5 Å². The van der Waals surface area contributed by atoms with Crippen LogP contribution in [-0.4, -0.2) is 48.8 Å². The minimum atomic E-state index is -3.65. The Kier molecular flexibility index (Phi) is 6.77. The van der Waals surface area contributed by atoms with Gasteiger partial charge >= 0.3 is 5.97 Å². The van der Waals surface area contributed by atoms with Gasteiger partial charge in [0.05, 0.1) is 4.90 Å². The maximum Gasteiger partial charge on any atom is 0.326 e. The van der Waals surface area contributed by atoms with Crippen molar-refractivity contribution < 1.29 is 23.1 Å². The van der Waals surface area contributed by atoms with E-state index in [1.807, 2.05) is 6.92 Å². The first-order valence-corrected chi connectivity index (χ1v) is 10.3. The molecule has 0 saturated carbocycles. The lowest BCUT2D eigenvalue weighted by Crippen LogP contribution is -2.45. The molecule has 0 radical (unpaired) electrons. The van der Waals surface area contributed by atoms with Crippen LogP contribution in [0.5, 0.6) is 0 Å². The number of rotatable bonds is 7. The summed E-state index contributed by atoms with van der Waals surface area (Å²) in [5, 5.41) is 11.8. The monoisotopic (exact) mass is 382 g/mol. The summed E-state index contributed by atoms with van der Waals surface area (Å²) in [4.78, 5) is 23.9. The van der Waals surface area contributed by atoms with Gasteiger partial charge in [0.2, 0.25) is 10.0 Å². The second-order valence-electron chi connectivity index (χ2n) is 6.67. The van der Waals surface area contributed by atoms with E-state index in [1.165, 1.54) is 28.6 Å². The molecule has 144 valence electrons. The van der Waals surface area contributed by atoms with Crippen LogP contribution in [0.2, 0.25) is 0 Å². The van der Waals surface area contributed by atoms with Gasteiger partial charge in [-0.25, -0.2) is 13.2 Å². The summed E-state index contributed by atoms with van der Waals surface area (Å²) in [6.07, 6.45) is 3.27. The van der Waals surface area contributed by atoms with Crippen molar-refractivity contribution in [1.82, 2.24) is 9.62 Å². The van der Waals surface area contributed by atoms with Gasteiger partial charge in [0.25, 0.3) is 5.91 Å². The SMILES string of the molecule is CC[C@H](C)[C@H](NC(=O)c1cccc(S(=O)(=O)N2CCCCC2)c1)C(=O)O. The standard InChI is InChI=1S/C18H26N2O5S/c1-3-13(2)16(18(22)23)19-17(21)14-8-7-9-15(12-14)26(24,25)20-10-5-4-6-11-20/h7-9,12-13,16H,3-6,10-11H2,1-2H3,(H,19,21)(H,22,23)/t13-,16-/m0/s1. The molecule has 0 spiro atoms. The molecule has 26 heavy (non-hydrogen) atoms. The van der Waals surface area contributed by atoms with E-state index in [9.17, 15) is 23.1 Å². The van der Waals surface area contributed by atoms with Gasteiger partial charge in [-0.2, -0.15) is 4.31 Å². The minimum absolute atomic E-state index is 0.0578. The summed E-state index contributed by atoms with van der Waals surface area (Å²) < 4.78 is 26.9. The molecule has 1 heterocycles. The van der Waals surface area contributed by atoms with Crippen molar-refractivity contribution in [3.05, 3.63) is 29.8 Å². The van der Waals surface area contributed by atoms with Gasteiger partial charge in [0.1, 0.15) is 6.04 Å². The second kappa shape index (κ2) is 8.64. The molecule has 1 aliphatic heterocycles. The Morgan fingerprint density at radius 1 is 1.23 bits per heavy atom. The number of carbonyl (C=O) groups excluding carboxylic acids is 1. The summed E-state index contributed by atoms with van der Waals surface area (Å²) >= 11 is 0. The summed E-state index contributed by atoms with van der Waals surface area (Å²) in [7, 11) is -3.65. The third-order valence-electron chi connectivity index (χ3n) is 4.81. The molecule has 0 aliphatic carbocycles. The maximum absolute atomic E-state index is 12.7. The van der Waals surface area contributed by atoms with Crippen LogP contribution in [0.4, 0.5) is 0 Å². The van der Waals surface area contributed by atoms with Crippen molar-refractivity contribution in [2.45, 2.75) is 50.5 Å². The van der Waals surface area contributed by atoms with E-state index in [2.05, 4.69) is 5.32 Å². The number of benzene rings is 1. The first kappa shape index (κ1) is 20.4. The molecular formula is C18H26N2O5S. The number of hydrogen-bond acceptors (Lipinski definition) is 4. The Balaban J connectivity index is 2.22. The Morgan fingerprint density at radius 3 is 2.46 bits per heavy atom. The molecule has 1 aliphatic rings. The van der Waals surface area contributed by atoms with E-state index in [1.54, 1.807) is 6.92 Å². The van der Waals surface area contributed by atoms with Crippen LogP contribution in [0.1, 0.15) is 49.9 Å². The largest absolute Gasteiger partial charge is 0.480 e. The molecule has 2 N–H and O–H groups in total. The number of carboxylic acid groups (broad SMARTS) is 1. The topological polar surface area (TPSA) is 104 Å². The fraction of sp³-hybridized carbons (Fsp3) is 0.556. The highest BCUT2D eigenvalue weighted by Crippen LogP contribution is 2.21. The minimum Gasteiger partial charge on any atom is -0.480 e. The van der Waals surface area contributed by atoms with E-state index in [-0.39, 0.29) is 16.4 Å². The third kappa shape index (κ3) is 4.62. The maximum atomic E-state index is 12.7. The fourth-order valence-corrected chi connectivity index (χ4v) is 4.52. The average molecular weight is 382 g/mol. The number of carbonyl (C=O) groups is 2. The molecular weight excluding hydrogens is 356 g/mol. The van der Waals surface area contributed by atoms with Gasteiger partial charge in [-0.05, 0) is 37.0 Å². The zero-order chi connectivity index (χ0) is 19.3. The van der Waals surface area contributed by atoms with Crippen LogP contribution in [-0.2, 0) is 14.8 Å². The highest BCUT2D eigenvalue weighted by molar-refractivity contribution is 7.89. The summed E-state index contributed by atoms with van der Waals surface area (Å²) in [6.45, 7) is 4.55. The van der Waals surface area contributed by atoms with Gasteiger partial charge in [-0.15, -0.1) is 0 Å². The number of amides is 1. The van der Waals surface area contributed by atoms with E-state index < -0.39 is 27.9 Å². The Hall–Kier alpha value is -1.93. The van der Waals surface area contributed by atoms with Crippen molar-refractivity contribution in [3.63, 3.8) is 0 Å². The van der Waals surface area contributed by atoms with Crippen LogP contribution in [0.15, 0.2) is 29.2 Å². The molecule has 0 bridgehead atoms. The van der Waals surface area contributed by atoms with E-state index in [4.69, 9.17) is 0 Å². The van der Waals surface area contributed by atoms with Crippen molar-refractivity contribution in [2.75, 3.05) is 13.1 Å². The van der Waals surface area contributed by atoms with Crippen molar-refractivity contribution in [3.8, 4) is 0 Å². The van der Waals surface area contributed by atoms with Crippen LogP contribution < -0.4 is 5.32 Å². The fourth-order valence-electron chi connectivity index (χ4n) is 2.96. The number of nitrogens with one attached hydrogen (secondary N) is 1. The lowest BCUT2D eigenvalue weighted by atomic mass is 9.99. The molecule has 2 rings (SSSR count). The van der Waals surface area contributed by atoms with Crippen molar-refractivity contribution >= 4 is 21.9 Å². The van der Waals surface area contributed by atoms with Crippen LogP contribution >= 0.6 is 0 Å². The zero-order valence-corrected chi connectivity index (χ0v) is 16.0. The number of hydrogen-bond donors (Lipinski definition) is 2. The molecule has 7 nitrogen and oxygen atoms in total. The normalized spacial score (nSPS) is 18.1. The Morgan fingerprint density at radius 2 is 1.88 bits per heavy atom. The van der Waals surface area contributed by atoms with Gasteiger partial charge < -0.3 is 10.4 Å². The second-order valence-corrected chi connectivity index (χ2v) is 8.61. The molecule has 1 saturated heterocycles. The van der Waals surface area contributed by atoms with Crippen LogP contribution in [0, 0.1) is 5.92 Å². The summed E-state index contributed by atoms with van der Waals surface area (Å²) in [5.74, 6) is -1.94. The van der Waals surface area contributed by atoms with Gasteiger partial charge in [0, 0.05) is 18.7 Å². The summed E-state index contributed by atoms with van der Waals surface area (Å²) in [6, 6.07) is 4.75. The predicted molar refractivity (Wildman–Crippen MR) is 97.4 cm³/mol. The number of piperidine rings is 1. The smallest absolute Gasteiger partial charge is 0.326 e. The van der Waals surface area contributed by atoms with Gasteiger partial charge in [-0.1, -0.05) is 32.8 Å². The van der Waals surface area contributed by atoms with E-state index in [0.717, 1.165) is 19.3 Å². The molecule has 1 amide bonds.